The minimum Gasteiger partial charge on any atom is -0.351 e. The number of hydrogen-bond donors (Lipinski definition) is 1. The van der Waals surface area contributed by atoms with Crippen molar-refractivity contribution < 1.29 is 0 Å². The Morgan fingerprint density at radius 1 is 1.16 bits per heavy atom. The van der Waals surface area contributed by atoms with E-state index in [1.54, 1.807) is 12.1 Å². The van der Waals surface area contributed by atoms with Gasteiger partial charge >= 0.3 is 0 Å². The highest BCUT2D eigenvalue weighted by atomic mass is 35.5. The Labute approximate surface area is 118 Å². The second-order valence-electron chi connectivity index (χ2n) is 3.84. The van der Waals surface area contributed by atoms with Crippen molar-refractivity contribution in [2.45, 2.75) is 0 Å². The van der Waals surface area contributed by atoms with E-state index in [-0.39, 0.29) is 0 Å². The largest absolute Gasteiger partial charge is 0.351 e. The van der Waals surface area contributed by atoms with Crippen LogP contribution >= 0.6 is 23.3 Å². The molecule has 0 radical (unpaired) electrons. The van der Waals surface area contributed by atoms with Crippen molar-refractivity contribution in [3.05, 3.63) is 47.0 Å². The number of fused-ring (bicyclic) bond motifs is 1. The van der Waals surface area contributed by atoms with Crippen molar-refractivity contribution in [2.75, 3.05) is 5.32 Å². The maximum Gasteiger partial charge on any atom is 0.129 e. The molecule has 0 atom stereocenters. The molecule has 0 amide bonds. The molecule has 1 N–H and O–H groups in total. The highest BCUT2D eigenvalue weighted by Gasteiger charge is 2.11. The summed E-state index contributed by atoms with van der Waals surface area (Å²) in [7, 11) is 0. The number of benzene rings is 2. The normalized spacial score (nSPS) is 10.3. The summed E-state index contributed by atoms with van der Waals surface area (Å²) in [6, 6.07) is 13.0. The topological polar surface area (TPSA) is 61.6 Å². The molecule has 0 unspecified atom stereocenters. The molecular formula is C13H7ClN4S. The lowest BCUT2D eigenvalue weighted by Crippen LogP contribution is -1.95. The fourth-order valence-corrected chi connectivity index (χ4v) is 2.51. The fraction of sp³-hybridized carbons (Fsp3) is 0. The van der Waals surface area contributed by atoms with Gasteiger partial charge in [0.2, 0.25) is 0 Å². The zero-order valence-corrected chi connectivity index (χ0v) is 11.2. The van der Waals surface area contributed by atoms with E-state index < -0.39 is 0 Å². The van der Waals surface area contributed by atoms with E-state index in [1.807, 2.05) is 24.3 Å². The molecular weight excluding hydrogens is 280 g/mol. The van der Waals surface area contributed by atoms with Gasteiger partial charge in [0.25, 0.3) is 0 Å². The number of aromatic nitrogens is 2. The summed E-state index contributed by atoms with van der Waals surface area (Å²) in [5.41, 5.74) is 3.43. The van der Waals surface area contributed by atoms with Gasteiger partial charge in [0.05, 0.1) is 33.7 Å². The maximum atomic E-state index is 9.09. The first-order chi connectivity index (χ1) is 9.29. The standard InChI is InChI=1S/C13H7ClN4S/c14-9-5-6-11-13(18-19-17-11)12(9)16-10-4-2-1-3-8(10)7-15/h1-6,16H. The van der Waals surface area contributed by atoms with Crippen molar-refractivity contribution in [3.8, 4) is 6.07 Å². The van der Waals surface area contributed by atoms with Crippen molar-refractivity contribution in [2.24, 2.45) is 0 Å². The van der Waals surface area contributed by atoms with E-state index in [1.165, 1.54) is 0 Å². The van der Waals surface area contributed by atoms with E-state index in [9.17, 15) is 0 Å². The van der Waals surface area contributed by atoms with Crippen LogP contribution < -0.4 is 5.32 Å². The first-order valence-corrected chi connectivity index (χ1v) is 6.57. The quantitative estimate of drug-likeness (QED) is 0.774. The lowest BCUT2D eigenvalue weighted by atomic mass is 10.2. The Morgan fingerprint density at radius 2 is 2.00 bits per heavy atom. The molecule has 0 aliphatic carbocycles. The number of nitriles is 1. The van der Waals surface area contributed by atoms with Gasteiger partial charge in [0.1, 0.15) is 17.1 Å². The predicted octanol–water partition coefficient (Wildman–Crippen LogP) is 3.96. The third kappa shape index (κ3) is 2.12. The predicted molar refractivity (Wildman–Crippen MR) is 76.9 cm³/mol. The maximum absolute atomic E-state index is 9.09. The minimum absolute atomic E-state index is 0.549. The molecule has 6 heteroatoms. The van der Waals surface area contributed by atoms with Gasteiger partial charge in [0, 0.05) is 0 Å². The van der Waals surface area contributed by atoms with E-state index in [0.717, 1.165) is 17.2 Å². The summed E-state index contributed by atoms with van der Waals surface area (Å²) in [6.07, 6.45) is 0. The summed E-state index contributed by atoms with van der Waals surface area (Å²) in [5, 5.41) is 12.8. The van der Waals surface area contributed by atoms with E-state index in [2.05, 4.69) is 20.1 Å². The zero-order valence-electron chi connectivity index (χ0n) is 9.59. The molecule has 0 aliphatic heterocycles. The van der Waals surface area contributed by atoms with Gasteiger partial charge in [-0.15, -0.1) is 0 Å². The molecule has 0 aliphatic rings. The molecule has 3 rings (SSSR count). The Bertz CT molecular complexity index is 791. The van der Waals surface area contributed by atoms with Crippen molar-refractivity contribution in [1.82, 2.24) is 8.75 Å². The van der Waals surface area contributed by atoms with Gasteiger partial charge in [-0.2, -0.15) is 14.0 Å². The van der Waals surface area contributed by atoms with Crippen molar-refractivity contribution in [1.29, 1.82) is 5.26 Å². The van der Waals surface area contributed by atoms with Crippen molar-refractivity contribution >= 4 is 45.7 Å². The van der Waals surface area contributed by atoms with Crippen LogP contribution in [0.15, 0.2) is 36.4 Å². The molecule has 0 spiro atoms. The van der Waals surface area contributed by atoms with Gasteiger partial charge in [-0.1, -0.05) is 23.7 Å². The number of nitrogens with one attached hydrogen (secondary N) is 1. The third-order valence-electron chi connectivity index (χ3n) is 2.68. The Hall–Kier alpha value is -2.16. The molecule has 2 aromatic carbocycles. The number of halogens is 1. The van der Waals surface area contributed by atoms with Crippen LogP contribution in [0.5, 0.6) is 0 Å². The summed E-state index contributed by atoms with van der Waals surface area (Å²) in [5.74, 6) is 0. The van der Waals surface area contributed by atoms with Crippen LogP contribution in [0.4, 0.5) is 11.4 Å². The highest BCUT2D eigenvalue weighted by molar-refractivity contribution is 7.00. The number of para-hydroxylation sites is 1. The van der Waals surface area contributed by atoms with Crippen LogP contribution in [0.25, 0.3) is 11.0 Å². The second-order valence-corrected chi connectivity index (χ2v) is 4.77. The first kappa shape index (κ1) is 11.9. The number of nitrogens with zero attached hydrogens (tertiary/aromatic N) is 3. The average molecular weight is 287 g/mol. The fourth-order valence-electron chi connectivity index (χ4n) is 1.77. The molecule has 1 aromatic heterocycles. The van der Waals surface area contributed by atoms with Gasteiger partial charge in [-0.25, -0.2) is 0 Å². The Morgan fingerprint density at radius 3 is 2.84 bits per heavy atom. The first-order valence-electron chi connectivity index (χ1n) is 5.46. The van der Waals surface area contributed by atoms with Gasteiger partial charge in [-0.05, 0) is 24.3 Å². The van der Waals surface area contributed by atoms with Crippen LogP contribution in [0.2, 0.25) is 5.02 Å². The number of anilines is 2. The zero-order chi connectivity index (χ0) is 13.2. The summed E-state index contributed by atoms with van der Waals surface area (Å²) in [6.45, 7) is 0. The minimum atomic E-state index is 0.549. The highest BCUT2D eigenvalue weighted by Crippen LogP contribution is 2.33. The summed E-state index contributed by atoms with van der Waals surface area (Å²) in [4.78, 5) is 0. The van der Waals surface area contributed by atoms with E-state index in [4.69, 9.17) is 16.9 Å². The van der Waals surface area contributed by atoms with Crippen LogP contribution in [0, 0.1) is 11.3 Å². The molecule has 3 aromatic rings. The molecule has 1 heterocycles. The molecule has 0 bridgehead atoms. The van der Waals surface area contributed by atoms with Crippen LogP contribution in [-0.4, -0.2) is 8.75 Å². The van der Waals surface area contributed by atoms with Gasteiger partial charge in [-0.3, -0.25) is 0 Å². The molecule has 0 fully saturated rings. The second kappa shape index (κ2) is 4.84. The molecule has 0 saturated heterocycles. The molecule has 4 nitrogen and oxygen atoms in total. The summed E-state index contributed by atoms with van der Waals surface area (Å²) < 4.78 is 8.40. The van der Waals surface area contributed by atoms with Gasteiger partial charge in [0.15, 0.2) is 0 Å². The average Bonchev–Trinajstić information content (AvgIpc) is 2.91. The lowest BCUT2D eigenvalue weighted by Gasteiger charge is -2.09. The van der Waals surface area contributed by atoms with E-state index in [0.29, 0.717) is 27.5 Å². The lowest BCUT2D eigenvalue weighted by molar-refractivity contribution is 1.46. The van der Waals surface area contributed by atoms with Gasteiger partial charge < -0.3 is 5.32 Å². The SMILES string of the molecule is N#Cc1ccccc1Nc1c(Cl)ccc2nsnc12. The monoisotopic (exact) mass is 286 g/mol. The molecule has 92 valence electrons. The Kier molecular flexibility index (Phi) is 3.03. The van der Waals surface area contributed by atoms with E-state index >= 15 is 0 Å². The van der Waals surface area contributed by atoms with Crippen LogP contribution in [0.3, 0.4) is 0 Å². The van der Waals surface area contributed by atoms with Crippen LogP contribution in [-0.2, 0) is 0 Å². The van der Waals surface area contributed by atoms with Crippen molar-refractivity contribution in [3.63, 3.8) is 0 Å². The number of hydrogen-bond acceptors (Lipinski definition) is 5. The number of rotatable bonds is 2. The van der Waals surface area contributed by atoms with Crippen LogP contribution in [0.1, 0.15) is 5.56 Å². The third-order valence-corrected chi connectivity index (χ3v) is 3.54. The summed E-state index contributed by atoms with van der Waals surface area (Å²) >= 11 is 7.33. The Balaban J connectivity index is 2.13. The smallest absolute Gasteiger partial charge is 0.129 e. The molecule has 19 heavy (non-hydrogen) atoms. The molecule has 0 saturated carbocycles.